The lowest BCUT2D eigenvalue weighted by molar-refractivity contribution is 0.654. The van der Waals surface area contributed by atoms with Gasteiger partial charge in [-0.2, -0.15) is 0 Å². The standard InChI is InChI=1S/C20H20N2/c21-19-9-10-22-20-8-6-15(13-18(19)20)11-14-5-7-16-3-1-2-4-17(16)12-14/h1-8,12-13,19,22H,9-11,21H2. The molecule has 1 atom stereocenters. The van der Waals surface area contributed by atoms with Gasteiger partial charge in [0.25, 0.3) is 0 Å². The van der Waals surface area contributed by atoms with Crippen LogP contribution in [0.4, 0.5) is 5.69 Å². The minimum Gasteiger partial charge on any atom is -0.385 e. The van der Waals surface area contributed by atoms with Crippen molar-refractivity contribution in [3.8, 4) is 0 Å². The molecule has 0 saturated heterocycles. The maximum absolute atomic E-state index is 6.24. The molecule has 2 heteroatoms. The molecule has 0 amide bonds. The summed E-state index contributed by atoms with van der Waals surface area (Å²) in [6.45, 7) is 0.970. The normalized spacial score (nSPS) is 17.0. The average molecular weight is 288 g/mol. The van der Waals surface area contributed by atoms with Gasteiger partial charge in [-0.3, -0.25) is 0 Å². The first-order valence-electron chi connectivity index (χ1n) is 7.89. The minimum absolute atomic E-state index is 0.160. The third-order valence-electron chi connectivity index (χ3n) is 4.51. The first kappa shape index (κ1) is 13.4. The fourth-order valence-electron chi connectivity index (χ4n) is 3.29. The maximum Gasteiger partial charge on any atom is 0.0388 e. The Balaban J connectivity index is 1.66. The topological polar surface area (TPSA) is 38.0 Å². The zero-order valence-corrected chi connectivity index (χ0v) is 12.5. The summed E-state index contributed by atoms with van der Waals surface area (Å²) in [5, 5.41) is 6.02. The van der Waals surface area contributed by atoms with Crippen LogP contribution in [0.2, 0.25) is 0 Å². The Bertz CT molecular complexity index is 823. The van der Waals surface area contributed by atoms with Gasteiger partial charge in [0.2, 0.25) is 0 Å². The van der Waals surface area contributed by atoms with Crippen LogP contribution >= 0.6 is 0 Å². The molecule has 1 aliphatic rings. The Morgan fingerprint density at radius 1 is 0.909 bits per heavy atom. The van der Waals surface area contributed by atoms with E-state index in [4.69, 9.17) is 5.73 Å². The lowest BCUT2D eigenvalue weighted by Crippen LogP contribution is -2.22. The lowest BCUT2D eigenvalue weighted by atomic mass is 9.94. The van der Waals surface area contributed by atoms with Crippen molar-refractivity contribution in [2.24, 2.45) is 5.73 Å². The van der Waals surface area contributed by atoms with Crippen molar-refractivity contribution in [1.29, 1.82) is 0 Å². The minimum atomic E-state index is 0.160. The third kappa shape index (κ3) is 2.46. The predicted octanol–water partition coefficient (Wildman–Crippen LogP) is 4.25. The Morgan fingerprint density at radius 2 is 1.68 bits per heavy atom. The largest absolute Gasteiger partial charge is 0.385 e. The van der Waals surface area contributed by atoms with Crippen molar-refractivity contribution >= 4 is 16.5 Å². The van der Waals surface area contributed by atoms with Crippen LogP contribution in [0.15, 0.2) is 60.7 Å². The summed E-state index contributed by atoms with van der Waals surface area (Å²) < 4.78 is 0. The molecule has 0 bridgehead atoms. The van der Waals surface area contributed by atoms with E-state index in [1.54, 1.807) is 0 Å². The van der Waals surface area contributed by atoms with Crippen molar-refractivity contribution in [3.63, 3.8) is 0 Å². The first-order chi connectivity index (χ1) is 10.8. The molecule has 0 aromatic heterocycles. The van der Waals surface area contributed by atoms with Gasteiger partial charge >= 0.3 is 0 Å². The maximum atomic E-state index is 6.24. The molecule has 1 aliphatic heterocycles. The second kappa shape index (κ2) is 5.47. The number of nitrogens with one attached hydrogen (secondary N) is 1. The second-order valence-corrected chi connectivity index (χ2v) is 6.10. The number of benzene rings is 3. The van der Waals surface area contributed by atoms with E-state index in [-0.39, 0.29) is 6.04 Å². The summed E-state index contributed by atoms with van der Waals surface area (Å²) in [6.07, 6.45) is 1.96. The molecule has 0 fully saturated rings. The van der Waals surface area contributed by atoms with Gasteiger partial charge in [-0.25, -0.2) is 0 Å². The molecule has 22 heavy (non-hydrogen) atoms. The quantitative estimate of drug-likeness (QED) is 0.740. The van der Waals surface area contributed by atoms with E-state index in [1.165, 1.54) is 33.2 Å². The number of fused-ring (bicyclic) bond motifs is 2. The van der Waals surface area contributed by atoms with E-state index < -0.39 is 0 Å². The number of hydrogen-bond acceptors (Lipinski definition) is 2. The van der Waals surface area contributed by atoms with Crippen molar-refractivity contribution in [1.82, 2.24) is 0 Å². The van der Waals surface area contributed by atoms with Crippen LogP contribution in [0.5, 0.6) is 0 Å². The molecule has 0 aliphatic carbocycles. The molecule has 2 nitrogen and oxygen atoms in total. The molecule has 0 spiro atoms. The smallest absolute Gasteiger partial charge is 0.0388 e. The Kier molecular flexibility index (Phi) is 3.32. The van der Waals surface area contributed by atoms with Gasteiger partial charge < -0.3 is 11.1 Å². The highest BCUT2D eigenvalue weighted by Gasteiger charge is 2.16. The first-order valence-corrected chi connectivity index (χ1v) is 7.89. The van der Waals surface area contributed by atoms with E-state index in [2.05, 4.69) is 66.0 Å². The Morgan fingerprint density at radius 3 is 2.59 bits per heavy atom. The number of rotatable bonds is 2. The summed E-state index contributed by atoms with van der Waals surface area (Å²) in [4.78, 5) is 0. The molecular formula is C20H20N2. The molecule has 4 rings (SSSR count). The molecule has 3 aromatic rings. The van der Waals surface area contributed by atoms with E-state index in [0.717, 1.165) is 19.4 Å². The van der Waals surface area contributed by atoms with Gasteiger partial charge in [0.1, 0.15) is 0 Å². The fourth-order valence-corrected chi connectivity index (χ4v) is 3.29. The molecule has 3 aromatic carbocycles. The van der Waals surface area contributed by atoms with E-state index in [1.807, 2.05) is 0 Å². The predicted molar refractivity (Wildman–Crippen MR) is 93.2 cm³/mol. The van der Waals surface area contributed by atoms with Crippen LogP contribution in [0.25, 0.3) is 10.8 Å². The van der Waals surface area contributed by atoms with Gasteiger partial charge in [0.05, 0.1) is 0 Å². The molecule has 0 radical (unpaired) electrons. The van der Waals surface area contributed by atoms with Gasteiger partial charge in [-0.15, -0.1) is 0 Å². The van der Waals surface area contributed by atoms with Crippen LogP contribution in [0.3, 0.4) is 0 Å². The molecule has 1 unspecified atom stereocenters. The monoisotopic (exact) mass is 288 g/mol. The molecule has 0 saturated carbocycles. The highest BCUT2D eigenvalue weighted by atomic mass is 14.9. The number of anilines is 1. The summed E-state index contributed by atoms with van der Waals surface area (Å²) in [7, 11) is 0. The molecule has 3 N–H and O–H groups in total. The zero-order chi connectivity index (χ0) is 14.9. The molecule has 110 valence electrons. The zero-order valence-electron chi connectivity index (χ0n) is 12.5. The van der Waals surface area contributed by atoms with E-state index in [0.29, 0.717) is 0 Å². The van der Waals surface area contributed by atoms with E-state index >= 15 is 0 Å². The van der Waals surface area contributed by atoms with Crippen LogP contribution in [0.1, 0.15) is 29.2 Å². The summed E-state index contributed by atoms with van der Waals surface area (Å²) >= 11 is 0. The van der Waals surface area contributed by atoms with Crippen molar-refractivity contribution < 1.29 is 0 Å². The number of hydrogen-bond donors (Lipinski definition) is 2. The molecule has 1 heterocycles. The van der Waals surface area contributed by atoms with Crippen LogP contribution < -0.4 is 11.1 Å². The highest BCUT2D eigenvalue weighted by molar-refractivity contribution is 5.83. The van der Waals surface area contributed by atoms with Crippen LogP contribution in [0, 0.1) is 0 Å². The lowest BCUT2D eigenvalue weighted by Gasteiger charge is -2.24. The van der Waals surface area contributed by atoms with Crippen LogP contribution in [-0.4, -0.2) is 6.54 Å². The van der Waals surface area contributed by atoms with Gasteiger partial charge in [0.15, 0.2) is 0 Å². The van der Waals surface area contributed by atoms with Gasteiger partial charge in [-0.1, -0.05) is 54.6 Å². The summed E-state index contributed by atoms with van der Waals surface area (Å²) in [5.41, 5.74) is 11.4. The van der Waals surface area contributed by atoms with E-state index in [9.17, 15) is 0 Å². The third-order valence-corrected chi connectivity index (χ3v) is 4.51. The Hall–Kier alpha value is -2.32. The SMILES string of the molecule is NC1CCNc2ccc(Cc3ccc4ccccc4c3)cc21. The van der Waals surface area contributed by atoms with Crippen molar-refractivity contribution in [3.05, 3.63) is 77.4 Å². The van der Waals surface area contributed by atoms with Crippen molar-refractivity contribution in [2.75, 3.05) is 11.9 Å². The Labute approximate surface area is 131 Å². The summed E-state index contributed by atoms with van der Waals surface area (Å²) in [5.74, 6) is 0. The van der Waals surface area contributed by atoms with Gasteiger partial charge in [-0.05, 0) is 46.4 Å². The highest BCUT2D eigenvalue weighted by Crippen LogP contribution is 2.29. The van der Waals surface area contributed by atoms with Gasteiger partial charge in [0, 0.05) is 18.3 Å². The summed E-state index contributed by atoms with van der Waals surface area (Å²) in [6, 6.07) is 22.0. The second-order valence-electron chi connectivity index (χ2n) is 6.10. The average Bonchev–Trinajstić information content (AvgIpc) is 2.56. The van der Waals surface area contributed by atoms with Crippen LogP contribution in [-0.2, 0) is 6.42 Å². The van der Waals surface area contributed by atoms with Crippen molar-refractivity contribution in [2.45, 2.75) is 18.9 Å². The molecular weight excluding hydrogens is 268 g/mol. The fraction of sp³-hybridized carbons (Fsp3) is 0.200. The number of nitrogens with two attached hydrogens (primary N) is 1.